The fourth-order valence-electron chi connectivity index (χ4n) is 3.78. The largest absolute Gasteiger partial charge is 0.497 e. The third-order valence-electron chi connectivity index (χ3n) is 7.04. The van der Waals surface area contributed by atoms with Gasteiger partial charge in [-0.2, -0.15) is 0 Å². The zero-order valence-electron chi connectivity index (χ0n) is 22.8. The van der Waals surface area contributed by atoms with Crippen LogP contribution in [0.2, 0.25) is 18.1 Å². The number of benzene rings is 1. The molecule has 3 aromatic heterocycles. The van der Waals surface area contributed by atoms with Crippen molar-refractivity contribution in [2.24, 2.45) is 0 Å². The van der Waals surface area contributed by atoms with Crippen molar-refractivity contribution in [3.8, 4) is 22.6 Å². The molecule has 3 heterocycles. The number of anilines is 2. The molecule has 0 bridgehead atoms. The highest BCUT2D eigenvalue weighted by Gasteiger charge is 2.37. The maximum Gasteiger partial charge on any atom is 0.192 e. The van der Waals surface area contributed by atoms with Crippen LogP contribution in [0, 0.1) is 0 Å². The van der Waals surface area contributed by atoms with Gasteiger partial charge in [-0.1, -0.05) is 20.8 Å². The average molecular weight is 517 g/mol. The van der Waals surface area contributed by atoms with E-state index in [1.807, 2.05) is 48.7 Å². The molecule has 0 saturated carbocycles. The number of aromatic nitrogens is 3. The quantitative estimate of drug-likeness (QED) is 0.225. The van der Waals surface area contributed by atoms with Crippen molar-refractivity contribution in [2.45, 2.75) is 38.9 Å². The highest BCUT2D eigenvalue weighted by Crippen LogP contribution is 2.37. The molecule has 0 amide bonds. The van der Waals surface area contributed by atoms with Gasteiger partial charge in [-0.05, 0) is 54.0 Å². The third-order valence-corrected chi connectivity index (χ3v) is 11.6. The molecule has 0 aliphatic heterocycles. The summed E-state index contributed by atoms with van der Waals surface area (Å²) in [6.45, 7) is 12.5. The molecule has 0 spiro atoms. The Balaban J connectivity index is 1.74. The van der Waals surface area contributed by atoms with Crippen LogP contribution in [0.25, 0.3) is 22.2 Å². The van der Waals surface area contributed by atoms with E-state index in [4.69, 9.17) is 18.9 Å². The number of methoxy groups -OCH3 is 2. The van der Waals surface area contributed by atoms with Crippen LogP contribution < -0.4 is 14.4 Å². The topological polar surface area (TPSA) is 69.6 Å². The van der Waals surface area contributed by atoms with Gasteiger partial charge < -0.3 is 18.8 Å². The van der Waals surface area contributed by atoms with Gasteiger partial charge in [-0.15, -0.1) is 0 Å². The minimum Gasteiger partial charge on any atom is -0.497 e. The van der Waals surface area contributed by atoms with E-state index in [-0.39, 0.29) is 5.04 Å². The fraction of sp³-hybridized carbons (Fsp3) is 0.345. The van der Waals surface area contributed by atoms with E-state index in [9.17, 15) is 0 Å². The minimum atomic E-state index is -1.91. The van der Waals surface area contributed by atoms with Crippen molar-refractivity contribution in [1.29, 1.82) is 0 Å². The zero-order valence-corrected chi connectivity index (χ0v) is 23.8. The Morgan fingerprint density at radius 2 is 1.51 bits per heavy atom. The first kappa shape index (κ1) is 26.6. The molecular formula is C29H36N4O3Si. The summed E-state index contributed by atoms with van der Waals surface area (Å²) in [5, 5.41) is 0.132. The molecule has 0 aliphatic rings. The summed E-state index contributed by atoms with van der Waals surface area (Å²) in [4.78, 5) is 16.0. The molecule has 0 N–H and O–H groups in total. The number of ether oxygens (including phenoxy) is 2. The van der Waals surface area contributed by atoms with Crippen molar-refractivity contribution in [3.05, 3.63) is 67.1 Å². The number of hydrogen-bond acceptors (Lipinski definition) is 7. The van der Waals surface area contributed by atoms with Crippen LogP contribution in [0.5, 0.6) is 11.5 Å². The molecular weight excluding hydrogens is 480 g/mol. The molecule has 0 fully saturated rings. The SMILES string of the molecule is COc1cc(OC)cc(N(CCO[Si](C)(C)C(C)(C)C)c2ccc3ncc(-c4ccncc4)cc3n2)c1. The van der Waals surface area contributed by atoms with Gasteiger partial charge in [-0.3, -0.25) is 9.97 Å². The Labute approximate surface area is 220 Å². The maximum absolute atomic E-state index is 6.53. The molecule has 7 nitrogen and oxygen atoms in total. The maximum atomic E-state index is 6.53. The summed E-state index contributed by atoms with van der Waals surface area (Å²) < 4.78 is 17.6. The molecule has 37 heavy (non-hydrogen) atoms. The Morgan fingerprint density at radius 1 is 0.838 bits per heavy atom. The van der Waals surface area contributed by atoms with Gasteiger partial charge in [0, 0.05) is 54.6 Å². The first-order valence-electron chi connectivity index (χ1n) is 12.4. The lowest BCUT2D eigenvalue weighted by atomic mass is 10.1. The summed E-state index contributed by atoms with van der Waals surface area (Å²) in [6.07, 6.45) is 5.43. The lowest BCUT2D eigenvalue weighted by Crippen LogP contribution is -2.42. The first-order valence-corrected chi connectivity index (χ1v) is 15.3. The predicted molar refractivity (Wildman–Crippen MR) is 152 cm³/mol. The standard InChI is InChI=1S/C29H36N4O3Si/c1-29(2,3)37(6,7)36-15-14-33(23-17-24(34-4)19-25(18-23)35-5)28-9-8-26-27(32-28)16-22(20-31-26)21-10-12-30-13-11-21/h8-13,16-20H,14-15H2,1-7H3. The fourth-order valence-corrected chi connectivity index (χ4v) is 4.82. The van der Waals surface area contributed by atoms with Crippen LogP contribution in [0.15, 0.2) is 67.1 Å². The van der Waals surface area contributed by atoms with E-state index in [0.717, 1.165) is 33.7 Å². The minimum absolute atomic E-state index is 0.132. The highest BCUT2D eigenvalue weighted by atomic mass is 28.4. The van der Waals surface area contributed by atoms with Gasteiger partial charge >= 0.3 is 0 Å². The lowest BCUT2D eigenvalue weighted by molar-refractivity contribution is 0.297. The monoisotopic (exact) mass is 516 g/mol. The Bertz CT molecular complexity index is 1330. The smallest absolute Gasteiger partial charge is 0.192 e. The third kappa shape index (κ3) is 6.09. The number of rotatable bonds is 9. The molecule has 0 atom stereocenters. The van der Waals surface area contributed by atoms with E-state index >= 15 is 0 Å². The molecule has 0 unspecified atom stereocenters. The summed E-state index contributed by atoms with van der Waals surface area (Å²) in [5.74, 6) is 2.23. The average Bonchev–Trinajstić information content (AvgIpc) is 2.90. The predicted octanol–water partition coefficient (Wildman–Crippen LogP) is 6.87. The van der Waals surface area contributed by atoms with E-state index < -0.39 is 8.32 Å². The Hall–Kier alpha value is -3.49. The van der Waals surface area contributed by atoms with Crippen LogP contribution in [0.4, 0.5) is 11.5 Å². The summed E-state index contributed by atoms with van der Waals surface area (Å²) >= 11 is 0. The molecule has 0 saturated heterocycles. The molecule has 0 aliphatic carbocycles. The number of hydrogen-bond donors (Lipinski definition) is 0. The summed E-state index contributed by atoms with van der Waals surface area (Å²) in [7, 11) is 1.40. The number of pyridine rings is 3. The van der Waals surface area contributed by atoms with Gasteiger partial charge in [-0.25, -0.2) is 4.98 Å². The van der Waals surface area contributed by atoms with Gasteiger partial charge in [0.1, 0.15) is 17.3 Å². The molecule has 0 radical (unpaired) electrons. The number of nitrogens with zero attached hydrogens (tertiary/aromatic N) is 4. The van der Waals surface area contributed by atoms with Crippen molar-refractivity contribution >= 4 is 30.9 Å². The number of fused-ring (bicyclic) bond motifs is 1. The molecule has 8 heteroatoms. The van der Waals surface area contributed by atoms with E-state index in [0.29, 0.717) is 24.7 Å². The Morgan fingerprint density at radius 3 is 2.14 bits per heavy atom. The zero-order chi connectivity index (χ0) is 26.6. The molecule has 194 valence electrons. The molecule has 1 aromatic carbocycles. The normalized spacial score (nSPS) is 12.0. The van der Waals surface area contributed by atoms with Crippen LogP contribution >= 0.6 is 0 Å². The van der Waals surface area contributed by atoms with Gasteiger partial charge in [0.2, 0.25) is 0 Å². The van der Waals surface area contributed by atoms with Crippen LogP contribution in [-0.2, 0) is 4.43 Å². The van der Waals surface area contributed by atoms with Crippen LogP contribution in [-0.4, -0.2) is 50.6 Å². The highest BCUT2D eigenvalue weighted by molar-refractivity contribution is 6.74. The van der Waals surface area contributed by atoms with Crippen molar-refractivity contribution in [1.82, 2.24) is 15.0 Å². The first-order chi connectivity index (χ1) is 17.6. The van der Waals surface area contributed by atoms with Crippen molar-refractivity contribution in [3.63, 3.8) is 0 Å². The second-order valence-electron chi connectivity index (χ2n) is 10.5. The van der Waals surface area contributed by atoms with Crippen LogP contribution in [0.3, 0.4) is 0 Å². The summed E-state index contributed by atoms with van der Waals surface area (Å²) in [6, 6.07) is 15.9. The Kier molecular flexibility index (Phi) is 7.80. The second-order valence-corrected chi connectivity index (χ2v) is 15.3. The van der Waals surface area contributed by atoms with Gasteiger partial charge in [0.05, 0.1) is 31.9 Å². The van der Waals surface area contributed by atoms with Gasteiger partial charge in [0.25, 0.3) is 0 Å². The van der Waals surface area contributed by atoms with Gasteiger partial charge in [0.15, 0.2) is 8.32 Å². The van der Waals surface area contributed by atoms with Crippen LogP contribution in [0.1, 0.15) is 20.8 Å². The van der Waals surface area contributed by atoms with E-state index in [1.54, 1.807) is 26.6 Å². The van der Waals surface area contributed by atoms with Crippen molar-refractivity contribution in [2.75, 3.05) is 32.3 Å². The van der Waals surface area contributed by atoms with E-state index in [1.165, 1.54) is 0 Å². The lowest BCUT2D eigenvalue weighted by Gasteiger charge is -2.37. The molecule has 4 rings (SSSR count). The summed E-state index contributed by atoms with van der Waals surface area (Å²) in [5.41, 5.74) is 4.61. The van der Waals surface area contributed by atoms with E-state index in [2.05, 4.69) is 54.8 Å². The second kappa shape index (κ2) is 10.9. The molecule has 4 aromatic rings. The van der Waals surface area contributed by atoms with Crippen molar-refractivity contribution < 1.29 is 13.9 Å².